The Balaban J connectivity index is 4.60. The predicted molar refractivity (Wildman–Crippen MR) is 49.6 cm³/mol. The van der Waals surface area contributed by atoms with Crippen molar-refractivity contribution in [1.29, 1.82) is 0 Å². The number of aliphatic hydroxyl groups is 1. The van der Waals surface area contributed by atoms with Gasteiger partial charge in [-0.05, 0) is 6.92 Å². The molecule has 0 saturated heterocycles. The van der Waals surface area contributed by atoms with E-state index < -0.39 is 17.8 Å². The van der Waals surface area contributed by atoms with Crippen LogP contribution < -0.4 is 0 Å². The molecule has 1 unspecified atom stereocenters. The minimum atomic E-state index is -1.14. The zero-order chi connectivity index (χ0) is 10.4. The summed E-state index contributed by atoms with van der Waals surface area (Å²) in [5, 5.41) is 8.76. The first-order valence-corrected chi connectivity index (χ1v) is 3.79. The minimum absolute atomic E-state index is 0.326. The summed E-state index contributed by atoms with van der Waals surface area (Å²) in [5.74, 6) is -2.19. The summed E-state index contributed by atoms with van der Waals surface area (Å²) in [5.41, 5.74) is -0.326. The van der Waals surface area contributed by atoms with Crippen molar-refractivity contribution < 1.29 is 13.9 Å². The van der Waals surface area contributed by atoms with Gasteiger partial charge in [-0.1, -0.05) is 24.2 Å². The molecule has 1 nitrogen and oxygen atoms in total. The maximum atomic E-state index is 12.9. The van der Waals surface area contributed by atoms with Gasteiger partial charge in [0.15, 0.2) is 0 Å². The van der Waals surface area contributed by atoms with E-state index in [1.807, 2.05) is 0 Å². The smallest absolute Gasteiger partial charge is 0.147 e. The molecular weight excluding hydrogens is 173 g/mol. The van der Waals surface area contributed by atoms with E-state index in [9.17, 15) is 8.78 Å². The van der Waals surface area contributed by atoms with E-state index in [-0.39, 0.29) is 11.9 Å². The summed E-state index contributed by atoms with van der Waals surface area (Å²) in [4.78, 5) is 0. The third-order valence-corrected chi connectivity index (χ3v) is 1.26. The molecule has 0 aliphatic carbocycles. The molecule has 0 heterocycles. The van der Waals surface area contributed by atoms with Crippen LogP contribution in [0.1, 0.15) is 13.3 Å². The number of hydrogen-bond donors (Lipinski definition) is 1. The van der Waals surface area contributed by atoms with Crippen LogP contribution in [0.2, 0.25) is 0 Å². The average Bonchev–Trinajstić information content (AvgIpc) is 2.02. The minimum Gasteiger partial charge on any atom is -0.393 e. The summed E-state index contributed by atoms with van der Waals surface area (Å²) < 4.78 is 25.7. The van der Waals surface area contributed by atoms with Gasteiger partial charge in [-0.25, -0.2) is 8.78 Å². The number of halogens is 2. The van der Waals surface area contributed by atoms with E-state index in [0.717, 1.165) is 6.08 Å². The highest BCUT2D eigenvalue weighted by Crippen LogP contribution is 2.19. The molecule has 1 N–H and O–H groups in total. The van der Waals surface area contributed by atoms with Crippen molar-refractivity contribution in [3.63, 3.8) is 0 Å². The predicted octanol–water partition coefficient (Wildman–Crippen LogP) is 2.15. The molecule has 4 heteroatoms. The molecule has 13 heavy (non-hydrogen) atoms. The molecule has 1 atom stereocenters. The zero-order valence-electron chi connectivity index (χ0n) is 7.43. The summed E-state index contributed by atoms with van der Waals surface area (Å²) in [6, 6.07) is 0. The van der Waals surface area contributed by atoms with E-state index in [2.05, 4.69) is 6.58 Å². The highest BCUT2D eigenvalue weighted by atomic mass is 19.2. The van der Waals surface area contributed by atoms with Gasteiger partial charge in [-0.15, -0.1) is 0 Å². The quantitative estimate of drug-likeness (QED) is 0.524. The summed E-state index contributed by atoms with van der Waals surface area (Å²) in [6.07, 6.45) is 1.10. The van der Waals surface area contributed by atoms with Gasteiger partial charge in [0.2, 0.25) is 0 Å². The lowest BCUT2D eigenvalue weighted by Crippen LogP contribution is -2.00. The molecule has 0 bridgehead atoms. The van der Waals surface area contributed by atoms with Gasteiger partial charge in [0.25, 0.3) is 0 Å². The molecule has 0 aromatic rings. The molecule has 0 amide bonds. The Morgan fingerprint density at radius 3 is 2.54 bits per heavy atom. The van der Waals surface area contributed by atoms with Crippen molar-refractivity contribution in [1.82, 2.24) is 0 Å². The molecular formula is C9H11BF2O. The van der Waals surface area contributed by atoms with E-state index in [1.54, 1.807) is 0 Å². The van der Waals surface area contributed by atoms with Gasteiger partial charge in [0.1, 0.15) is 19.5 Å². The van der Waals surface area contributed by atoms with Crippen molar-refractivity contribution in [2.75, 3.05) is 0 Å². The molecule has 0 aromatic carbocycles. The zero-order valence-corrected chi connectivity index (χ0v) is 7.43. The van der Waals surface area contributed by atoms with Gasteiger partial charge in [-0.2, -0.15) is 0 Å². The van der Waals surface area contributed by atoms with E-state index in [4.69, 9.17) is 13.0 Å². The van der Waals surface area contributed by atoms with Crippen LogP contribution in [0.3, 0.4) is 0 Å². The molecule has 70 valence electrons. The topological polar surface area (TPSA) is 20.2 Å². The van der Waals surface area contributed by atoms with Crippen LogP contribution in [0.15, 0.2) is 35.9 Å². The first kappa shape index (κ1) is 12.1. The summed E-state index contributed by atoms with van der Waals surface area (Å²) >= 11 is 0. The molecule has 0 saturated carbocycles. The van der Waals surface area contributed by atoms with Crippen molar-refractivity contribution in [3.05, 3.63) is 35.9 Å². The fraction of sp³-hybridized carbons (Fsp3) is 0.333. The van der Waals surface area contributed by atoms with Gasteiger partial charge in [0.05, 0.1) is 6.10 Å². The second kappa shape index (κ2) is 5.70. The largest absolute Gasteiger partial charge is 0.393 e. The summed E-state index contributed by atoms with van der Waals surface area (Å²) in [7, 11) is 5.14. The lowest BCUT2D eigenvalue weighted by atomic mass is 9.93. The molecule has 0 fully saturated rings. The van der Waals surface area contributed by atoms with Crippen LogP contribution in [0.4, 0.5) is 8.78 Å². The van der Waals surface area contributed by atoms with Crippen molar-refractivity contribution >= 4 is 7.85 Å². The van der Waals surface area contributed by atoms with E-state index >= 15 is 0 Å². The van der Waals surface area contributed by atoms with Gasteiger partial charge in [-0.3, -0.25) is 0 Å². The Hall–Kier alpha value is -0.895. The van der Waals surface area contributed by atoms with E-state index in [0.29, 0.717) is 0 Å². The Morgan fingerprint density at radius 2 is 2.15 bits per heavy atom. The first-order chi connectivity index (χ1) is 5.99. The van der Waals surface area contributed by atoms with Crippen LogP contribution in [-0.4, -0.2) is 19.1 Å². The first-order valence-electron chi connectivity index (χ1n) is 3.79. The van der Waals surface area contributed by atoms with Gasteiger partial charge in [0, 0.05) is 6.42 Å². The number of rotatable bonds is 4. The standard InChI is InChI=1S/C9H11BF2O/c1-3-4-7(10)9(12)8(11)5-6(2)13/h3-4,6,13H,1,5H2,2H3/b7-4+,9-8-. The Kier molecular flexibility index (Phi) is 5.31. The number of hydrogen-bond acceptors (Lipinski definition) is 1. The summed E-state index contributed by atoms with van der Waals surface area (Å²) in [6.45, 7) is 4.65. The lowest BCUT2D eigenvalue weighted by Gasteiger charge is -2.03. The maximum absolute atomic E-state index is 12.9. The molecule has 2 radical (unpaired) electrons. The highest BCUT2D eigenvalue weighted by Gasteiger charge is 2.09. The average molecular weight is 184 g/mol. The molecule has 0 aromatic heterocycles. The van der Waals surface area contributed by atoms with Gasteiger partial charge < -0.3 is 5.11 Å². The third kappa shape index (κ3) is 4.63. The fourth-order valence-corrected chi connectivity index (χ4v) is 0.706. The third-order valence-electron chi connectivity index (χ3n) is 1.26. The highest BCUT2D eigenvalue weighted by molar-refractivity contribution is 6.24. The Labute approximate surface area is 77.9 Å². The number of allylic oxidation sites excluding steroid dienone is 4. The monoisotopic (exact) mass is 184 g/mol. The lowest BCUT2D eigenvalue weighted by molar-refractivity contribution is 0.185. The second-order valence-corrected chi connectivity index (χ2v) is 2.63. The van der Waals surface area contributed by atoms with Crippen molar-refractivity contribution in [2.45, 2.75) is 19.4 Å². The Bertz CT molecular complexity index is 244. The molecule has 0 rings (SSSR count). The van der Waals surface area contributed by atoms with Crippen LogP contribution in [-0.2, 0) is 0 Å². The number of aliphatic hydroxyl groups excluding tert-OH is 1. The maximum Gasteiger partial charge on any atom is 0.147 e. The Morgan fingerprint density at radius 1 is 1.62 bits per heavy atom. The fourth-order valence-electron chi connectivity index (χ4n) is 0.706. The van der Waals surface area contributed by atoms with Crippen LogP contribution >= 0.6 is 0 Å². The molecule has 0 aliphatic heterocycles. The van der Waals surface area contributed by atoms with Crippen molar-refractivity contribution in [3.8, 4) is 0 Å². The molecule has 0 spiro atoms. The SMILES string of the molecule is [B]C(=C/C=C)/C(F)=C(/F)CC(C)O. The molecule has 0 aliphatic rings. The van der Waals surface area contributed by atoms with E-state index in [1.165, 1.54) is 13.0 Å². The normalized spacial score (nSPS) is 16.5. The van der Waals surface area contributed by atoms with Gasteiger partial charge >= 0.3 is 0 Å². The second-order valence-electron chi connectivity index (χ2n) is 2.63. The van der Waals surface area contributed by atoms with Crippen LogP contribution in [0.25, 0.3) is 0 Å². The van der Waals surface area contributed by atoms with Crippen molar-refractivity contribution in [2.24, 2.45) is 0 Å². The van der Waals surface area contributed by atoms with Crippen LogP contribution in [0.5, 0.6) is 0 Å². The van der Waals surface area contributed by atoms with Crippen LogP contribution in [0, 0.1) is 0 Å².